The number of nitrogens with one attached hydrogen (secondary N) is 1. The molecule has 102 valence electrons. The van der Waals surface area contributed by atoms with Crippen molar-refractivity contribution in [2.75, 3.05) is 5.32 Å². The Morgan fingerprint density at radius 1 is 1.16 bits per heavy atom. The number of nitrogens with zero attached hydrogens (tertiary/aromatic N) is 2. The molecule has 0 saturated carbocycles. The van der Waals surface area contributed by atoms with Crippen molar-refractivity contribution in [1.82, 2.24) is 9.55 Å². The summed E-state index contributed by atoms with van der Waals surface area (Å²) in [7, 11) is 0. The fourth-order valence-corrected chi connectivity index (χ4v) is 2.23. The highest BCUT2D eigenvalue weighted by molar-refractivity contribution is 5.33. The quantitative estimate of drug-likeness (QED) is 0.816. The molecule has 0 saturated heterocycles. The monoisotopic (exact) mass is 257 g/mol. The highest BCUT2D eigenvalue weighted by Gasteiger charge is 2.03. The van der Waals surface area contributed by atoms with Crippen molar-refractivity contribution < 1.29 is 0 Å². The lowest BCUT2D eigenvalue weighted by Gasteiger charge is -2.11. The molecule has 3 nitrogen and oxygen atoms in total. The van der Waals surface area contributed by atoms with Crippen LogP contribution in [-0.4, -0.2) is 9.55 Å². The minimum atomic E-state index is 0.840. The molecule has 0 aliphatic heterocycles. The van der Waals surface area contributed by atoms with Crippen molar-refractivity contribution >= 4 is 5.95 Å². The highest BCUT2D eigenvalue weighted by Crippen LogP contribution is 2.13. The summed E-state index contributed by atoms with van der Waals surface area (Å²) in [6.45, 7) is 6.28. The lowest BCUT2D eigenvalue weighted by molar-refractivity contribution is 0.635. The van der Waals surface area contributed by atoms with Gasteiger partial charge in [0, 0.05) is 25.5 Å². The molecule has 0 bridgehead atoms. The van der Waals surface area contributed by atoms with Gasteiger partial charge in [0.1, 0.15) is 0 Å². The lowest BCUT2D eigenvalue weighted by Crippen LogP contribution is -2.08. The van der Waals surface area contributed by atoms with E-state index in [-0.39, 0.29) is 0 Å². The molecule has 1 N–H and O–H groups in total. The number of aryl methyl sites for hydroxylation is 2. The van der Waals surface area contributed by atoms with E-state index < -0.39 is 0 Å². The predicted molar refractivity (Wildman–Crippen MR) is 80.3 cm³/mol. The summed E-state index contributed by atoms with van der Waals surface area (Å²) < 4.78 is 2.19. The van der Waals surface area contributed by atoms with Crippen LogP contribution >= 0.6 is 0 Å². The number of imidazole rings is 1. The van der Waals surface area contributed by atoms with Gasteiger partial charge in [0.2, 0.25) is 5.95 Å². The van der Waals surface area contributed by atoms with E-state index in [9.17, 15) is 0 Å². The molecule has 0 amide bonds. The Kier molecular flexibility index (Phi) is 5.01. The van der Waals surface area contributed by atoms with Gasteiger partial charge in [-0.3, -0.25) is 0 Å². The molecule has 0 unspecified atom stereocenters. The minimum absolute atomic E-state index is 0.840. The first-order valence-electron chi connectivity index (χ1n) is 7.17. The number of rotatable bonds is 7. The minimum Gasteiger partial charge on any atom is -0.352 e. The van der Waals surface area contributed by atoms with Crippen LogP contribution in [0.2, 0.25) is 0 Å². The van der Waals surface area contributed by atoms with Gasteiger partial charge in [-0.05, 0) is 24.0 Å². The van der Waals surface area contributed by atoms with Crippen LogP contribution in [0.1, 0.15) is 37.8 Å². The fourth-order valence-electron chi connectivity index (χ4n) is 2.23. The van der Waals surface area contributed by atoms with Crippen molar-refractivity contribution in [3.63, 3.8) is 0 Å². The summed E-state index contributed by atoms with van der Waals surface area (Å²) >= 11 is 0. The van der Waals surface area contributed by atoms with Crippen molar-refractivity contribution in [1.29, 1.82) is 0 Å². The maximum Gasteiger partial charge on any atom is 0.203 e. The van der Waals surface area contributed by atoms with Gasteiger partial charge in [-0.15, -0.1) is 0 Å². The van der Waals surface area contributed by atoms with Gasteiger partial charge >= 0.3 is 0 Å². The van der Waals surface area contributed by atoms with Crippen LogP contribution < -0.4 is 5.32 Å². The van der Waals surface area contributed by atoms with Crippen LogP contribution in [0.5, 0.6) is 0 Å². The molecule has 1 aromatic heterocycles. The molecular weight excluding hydrogens is 234 g/mol. The van der Waals surface area contributed by atoms with E-state index >= 15 is 0 Å². The molecule has 1 aromatic carbocycles. The van der Waals surface area contributed by atoms with E-state index in [1.807, 2.05) is 12.4 Å². The van der Waals surface area contributed by atoms with Crippen molar-refractivity contribution in [3.8, 4) is 0 Å². The van der Waals surface area contributed by atoms with Gasteiger partial charge in [0.05, 0.1) is 0 Å². The van der Waals surface area contributed by atoms with Crippen LogP contribution in [0.4, 0.5) is 5.95 Å². The molecular formula is C16H23N3. The number of anilines is 1. The van der Waals surface area contributed by atoms with Crippen LogP contribution in [-0.2, 0) is 19.5 Å². The summed E-state index contributed by atoms with van der Waals surface area (Å²) in [6.07, 6.45) is 7.38. The Bertz CT molecular complexity index is 502. The van der Waals surface area contributed by atoms with Crippen LogP contribution in [0.25, 0.3) is 0 Å². The lowest BCUT2D eigenvalue weighted by atomic mass is 10.1. The van der Waals surface area contributed by atoms with Crippen molar-refractivity contribution in [2.45, 2.75) is 46.2 Å². The molecule has 1 heterocycles. The summed E-state index contributed by atoms with van der Waals surface area (Å²) in [5.74, 6) is 0.972. The first-order valence-corrected chi connectivity index (χ1v) is 7.17. The third kappa shape index (κ3) is 3.60. The van der Waals surface area contributed by atoms with E-state index in [0.29, 0.717) is 0 Å². The molecule has 0 spiro atoms. The van der Waals surface area contributed by atoms with Gasteiger partial charge in [-0.2, -0.15) is 0 Å². The summed E-state index contributed by atoms with van der Waals surface area (Å²) in [4.78, 5) is 4.39. The normalized spacial score (nSPS) is 10.6. The topological polar surface area (TPSA) is 29.9 Å². The summed E-state index contributed by atoms with van der Waals surface area (Å²) in [6, 6.07) is 8.58. The molecule has 3 heteroatoms. The second kappa shape index (κ2) is 6.98. The Balaban J connectivity index is 2.00. The van der Waals surface area contributed by atoms with E-state index in [1.54, 1.807) is 0 Å². The number of benzene rings is 1. The molecule has 2 rings (SSSR count). The highest BCUT2D eigenvalue weighted by atomic mass is 15.2. The van der Waals surface area contributed by atoms with Gasteiger partial charge in [-0.25, -0.2) is 4.98 Å². The number of unbranched alkanes of at least 4 members (excludes halogenated alkanes) is 1. The molecule has 2 aromatic rings. The van der Waals surface area contributed by atoms with E-state index in [1.165, 1.54) is 24.0 Å². The second-order valence-electron chi connectivity index (χ2n) is 4.77. The molecule has 0 atom stereocenters. The van der Waals surface area contributed by atoms with Crippen LogP contribution in [0.3, 0.4) is 0 Å². The third-order valence-electron chi connectivity index (χ3n) is 3.40. The maximum absolute atomic E-state index is 4.39. The average Bonchev–Trinajstić information content (AvgIpc) is 2.90. The number of hydrogen-bond acceptors (Lipinski definition) is 2. The fraction of sp³-hybridized carbons (Fsp3) is 0.438. The van der Waals surface area contributed by atoms with Crippen molar-refractivity contribution in [3.05, 3.63) is 47.8 Å². The average molecular weight is 257 g/mol. The Morgan fingerprint density at radius 2 is 1.95 bits per heavy atom. The molecule has 19 heavy (non-hydrogen) atoms. The van der Waals surface area contributed by atoms with Gasteiger partial charge < -0.3 is 9.88 Å². The van der Waals surface area contributed by atoms with Crippen LogP contribution in [0.15, 0.2) is 36.7 Å². The SMILES string of the molecule is CCCCn1ccnc1NCc1ccccc1CC. The largest absolute Gasteiger partial charge is 0.352 e. The predicted octanol–water partition coefficient (Wildman–Crippen LogP) is 3.86. The van der Waals surface area contributed by atoms with Gasteiger partial charge in [-0.1, -0.05) is 44.5 Å². The van der Waals surface area contributed by atoms with Gasteiger partial charge in [0.25, 0.3) is 0 Å². The van der Waals surface area contributed by atoms with E-state index in [4.69, 9.17) is 0 Å². The van der Waals surface area contributed by atoms with Crippen molar-refractivity contribution in [2.24, 2.45) is 0 Å². The Hall–Kier alpha value is -1.77. The zero-order chi connectivity index (χ0) is 13.5. The smallest absolute Gasteiger partial charge is 0.203 e. The van der Waals surface area contributed by atoms with E-state index in [2.05, 4.69) is 53.0 Å². The Labute approximate surface area is 115 Å². The number of hydrogen-bond donors (Lipinski definition) is 1. The molecule has 0 radical (unpaired) electrons. The molecule has 0 fully saturated rings. The number of aromatic nitrogens is 2. The first kappa shape index (κ1) is 13.7. The van der Waals surface area contributed by atoms with Crippen LogP contribution in [0, 0.1) is 0 Å². The molecule has 0 aliphatic rings. The third-order valence-corrected chi connectivity index (χ3v) is 3.40. The zero-order valence-corrected chi connectivity index (χ0v) is 11.9. The molecule has 0 aliphatic carbocycles. The van der Waals surface area contributed by atoms with Gasteiger partial charge in [0.15, 0.2) is 0 Å². The maximum atomic E-state index is 4.39. The first-order chi connectivity index (χ1) is 9.35. The Morgan fingerprint density at radius 3 is 2.68 bits per heavy atom. The second-order valence-corrected chi connectivity index (χ2v) is 4.77. The standard InChI is InChI=1S/C16H23N3/c1-3-5-11-19-12-10-17-16(19)18-13-15-9-7-6-8-14(15)4-2/h6-10,12H,3-5,11,13H2,1-2H3,(H,17,18). The zero-order valence-electron chi connectivity index (χ0n) is 11.9. The summed E-state index contributed by atoms with van der Waals surface area (Å²) in [5.41, 5.74) is 2.76. The summed E-state index contributed by atoms with van der Waals surface area (Å²) in [5, 5.41) is 3.45. The van der Waals surface area contributed by atoms with E-state index in [0.717, 1.165) is 25.5 Å².